The van der Waals surface area contributed by atoms with E-state index in [-0.39, 0.29) is 18.4 Å². The molecule has 0 saturated heterocycles. The Morgan fingerprint density at radius 1 is 1.09 bits per heavy atom. The van der Waals surface area contributed by atoms with Crippen LogP contribution in [-0.2, 0) is 9.59 Å². The molecule has 1 amide bonds. The molecule has 1 unspecified atom stereocenters. The minimum atomic E-state index is -4.45. The van der Waals surface area contributed by atoms with Gasteiger partial charge >= 0.3 is 12.1 Å². The number of carboxylic acids is 1. The van der Waals surface area contributed by atoms with Crippen molar-refractivity contribution in [3.63, 3.8) is 0 Å². The number of carboxylic acid groups (broad SMARTS) is 1. The molecule has 0 fully saturated rings. The van der Waals surface area contributed by atoms with Gasteiger partial charge in [0.25, 0.3) is 0 Å². The molecular weight excluding hydrogens is 299 g/mol. The largest absolute Gasteiger partial charge is 0.481 e. The van der Waals surface area contributed by atoms with Crippen molar-refractivity contribution in [3.05, 3.63) is 35.9 Å². The highest BCUT2D eigenvalue weighted by Crippen LogP contribution is 2.34. The Hall–Kier alpha value is -2.05. The smallest absolute Gasteiger partial charge is 0.397 e. The number of benzene rings is 1. The number of unbranched alkanes of at least 4 members (excludes halogenated alkanes) is 1. The van der Waals surface area contributed by atoms with Crippen molar-refractivity contribution >= 4 is 11.9 Å². The van der Waals surface area contributed by atoms with Crippen molar-refractivity contribution < 1.29 is 27.9 Å². The van der Waals surface area contributed by atoms with Crippen LogP contribution in [0.5, 0.6) is 0 Å². The fraction of sp³-hybridized carbons (Fsp3) is 0.467. The summed E-state index contributed by atoms with van der Waals surface area (Å²) in [6.45, 7) is -0.523. The van der Waals surface area contributed by atoms with Gasteiger partial charge in [-0.1, -0.05) is 30.3 Å². The Balaban J connectivity index is 2.48. The van der Waals surface area contributed by atoms with Crippen molar-refractivity contribution in [2.24, 2.45) is 0 Å². The van der Waals surface area contributed by atoms with Crippen LogP contribution in [0.25, 0.3) is 0 Å². The second kappa shape index (κ2) is 8.41. The molecule has 0 aromatic heterocycles. The van der Waals surface area contributed by atoms with Gasteiger partial charge in [0, 0.05) is 19.4 Å². The summed E-state index contributed by atoms with van der Waals surface area (Å²) >= 11 is 0. The fourth-order valence-corrected chi connectivity index (χ4v) is 1.97. The number of carbonyl (C=O) groups is 2. The minimum Gasteiger partial charge on any atom is -0.481 e. The Bertz CT molecular complexity index is 489. The standard InChI is InChI=1S/C15H18F3NO3/c16-15(17,18)12(11-6-2-1-3-7-11)10-19-13(20)8-4-5-9-14(21)22/h1-3,6-7,12H,4-5,8-10H2,(H,19,20)(H,21,22). The van der Waals surface area contributed by atoms with Crippen LogP contribution >= 0.6 is 0 Å². The van der Waals surface area contributed by atoms with Crippen LogP contribution in [-0.4, -0.2) is 29.7 Å². The van der Waals surface area contributed by atoms with E-state index >= 15 is 0 Å². The molecule has 0 bridgehead atoms. The zero-order valence-electron chi connectivity index (χ0n) is 11.9. The molecule has 4 nitrogen and oxygen atoms in total. The highest BCUT2D eigenvalue weighted by atomic mass is 19.4. The topological polar surface area (TPSA) is 66.4 Å². The Morgan fingerprint density at radius 2 is 1.68 bits per heavy atom. The van der Waals surface area contributed by atoms with Crippen molar-refractivity contribution in [2.45, 2.75) is 37.8 Å². The van der Waals surface area contributed by atoms with E-state index < -0.39 is 30.5 Å². The number of halogens is 3. The molecular formula is C15H18F3NO3. The second-order valence-corrected chi connectivity index (χ2v) is 4.91. The maximum absolute atomic E-state index is 13.0. The van der Waals surface area contributed by atoms with Gasteiger partial charge in [0.1, 0.15) is 0 Å². The molecule has 0 aliphatic heterocycles. The monoisotopic (exact) mass is 317 g/mol. The van der Waals surface area contributed by atoms with Crippen LogP contribution in [0.15, 0.2) is 30.3 Å². The summed E-state index contributed by atoms with van der Waals surface area (Å²) in [5.74, 6) is -3.21. The molecule has 7 heteroatoms. The summed E-state index contributed by atoms with van der Waals surface area (Å²) in [4.78, 5) is 21.8. The van der Waals surface area contributed by atoms with Gasteiger partial charge in [-0.05, 0) is 18.4 Å². The summed E-state index contributed by atoms with van der Waals surface area (Å²) in [7, 11) is 0. The molecule has 0 aliphatic rings. The quantitative estimate of drug-likeness (QED) is 0.724. The predicted octanol–water partition coefficient (Wildman–Crippen LogP) is 3.09. The number of nitrogens with one attached hydrogen (secondary N) is 1. The number of hydrogen-bond donors (Lipinski definition) is 2. The maximum atomic E-state index is 13.0. The zero-order valence-corrected chi connectivity index (χ0v) is 11.9. The Labute approximate surface area is 126 Å². The van der Waals surface area contributed by atoms with E-state index in [0.717, 1.165) is 0 Å². The van der Waals surface area contributed by atoms with Crippen molar-refractivity contribution in [1.82, 2.24) is 5.32 Å². The van der Waals surface area contributed by atoms with Crippen LogP contribution in [0.3, 0.4) is 0 Å². The van der Waals surface area contributed by atoms with Crippen LogP contribution < -0.4 is 5.32 Å². The first-order valence-corrected chi connectivity index (χ1v) is 6.91. The molecule has 1 aromatic carbocycles. The minimum absolute atomic E-state index is 0.0205. The third-order valence-corrected chi connectivity index (χ3v) is 3.14. The summed E-state index contributed by atoms with van der Waals surface area (Å²) in [5, 5.41) is 10.7. The third-order valence-electron chi connectivity index (χ3n) is 3.14. The van der Waals surface area contributed by atoms with Crippen molar-refractivity contribution in [3.8, 4) is 0 Å². The van der Waals surface area contributed by atoms with Crippen LogP contribution in [0, 0.1) is 0 Å². The summed E-state index contributed by atoms with van der Waals surface area (Å²) in [5.41, 5.74) is 0.0983. The first kappa shape index (κ1) is 18.0. The number of alkyl halides is 3. The van der Waals surface area contributed by atoms with Gasteiger partial charge in [-0.2, -0.15) is 13.2 Å². The average Bonchev–Trinajstić information content (AvgIpc) is 2.43. The van der Waals surface area contributed by atoms with E-state index in [2.05, 4.69) is 5.32 Å². The molecule has 0 heterocycles. The number of carbonyl (C=O) groups excluding carboxylic acids is 1. The number of aliphatic carboxylic acids is 1. The van der Waals surface area contributed by atoms with E-state index in [9.17, 15) is 22.8 Å². The highest BCUT2D eigenvalue weighted by molar-refractivity contribution is 5.76. The van der Waals surface area contributed by atoms with Gasteiger partial charge in [-0.15, -0.1) is 0 Å². The van der Waals surface area contributed by atoms with Gasteiger partial charge in [0.15, 0.2) is 0 Å². The van der Waals surface area contributed by atoms with Gasteiger partial charge < -0.3 is 10.4 Å². The van der Waals surface area contributed by atoms with Crippen LogP contribution in [0.2, 0.25) is 0 Å². The lowest BCUT2D eigenvalue weighted by Gasteiger charge is -2.21. The third kappa shape index (κ3) is 6.60. The first-order chi connectivity index (χ1) is 10.3. The van der Waals surface area contributed by atoms with Gasteiger partial charge in [0.2, 0.25) is 5.91 Å². The summed E-state index contributed by atoms with van der Waals surface area (Å²) in [6, 6.07) is 7.40. The summed E-state index contributed by atoms with van der Waals surface area (Å²) in [6.07, 6.45) is -3.82. The Kier molecular flexibility index (Phi) is 6.88. The van der Waals surface area contributed by atoms with E-state index in [0.29, 0.717) is 12.8 Å². The van der Waals surface area contributed by atoms with Gasteiger partial charge in [-0.3, -0.25) is 9.59 Å². The molecule has 1 aromatic rings. The van der Waals surface area contributed by atoms with E-state index in [4.69, 9.17) is 5.11 Å². The molecule has 0 radical (unpaired) electrons. The number of amides is 1. The van der Waals surface area contributed by atoms with Gasteiger partial charge in [-0.25, -0.2) is 0 Å². The SMILES string of the molecule is O=C(O)CCCCC(=O)NCC(c1ccccc1)C(F)(F)F. The van der Waals surface area contributed by atoms with Crippen LogP contribution in [0.1, 0.15) is 37.2 Å². The van der Waals surface area contributed by atoms with E-state index in [1.165, 1.54) is 24.3 Å². The lowest BCUT2D eigenvalue weighted by atomic mass is 9.98. The average molecular weight is 317 g/mol. The molecule has 2 N–H and O–H groups in total. The molecule has 0 spiro atoms. The fourth-order valence-electron chi connectivity index (χ4n) is 1.97. The van der Waals surface area contributed by atoms with E-state index in [1.807, 2.05) is 0 Å². The van der Waals surface area contributed by atoms with Crippen molar-refractivity contribution in [2.75, 3.05) is 6.54 Å². The van der Waals surface area contributed by atoms with Gasteiger partial charge in [0.05, 0.1) is 5.92 Å². The molecule has 0 aliphatic carbocycles. The molecule has 22 heavy (non-hydrogen) atoms. The molecule has 0 saturated carbocycles. The number of rotatable bonds is 8. The lowest BCUT2D eigenvalue weighted by molar-refractivity contribution is -0.150. The highest BCUT2D eigenvalue weighted by Gasteiger charge is 2.40. The number of hydrogen-bond acceptors (Lipinski definition) is 2. The predicted molar refractivity (Wildman–Crippen MR) is 74.4 cm³/mol. The maximum Gasteiger partial charge on any atom is 0.397 e. The first-order valence-electron chi connectivity index (χ1n) is 6.91. The molecule has 122 valence electrons. The Morgan fingerprint density at radius 3 is 2.23 bits per heavy atom. The zero-order chi connectivity index (χ0) is 16.6. The van der Waals surface area contributed by atoms with E-state index in [1.54, 1.807) is 6.07 Å². The summed E-state index contributed by atoms with van der Waals surface area (Å²) < 4.78 is 39.1. The molecule has 1 atom stereocenters. The lowest BCUT2D eigenvalue weighted by Crippen LogP contribution is -2.35. The molecule has 1 rings (SSSR count). The normalized spacial score (nSPS) is 12.7. The van der Waals surface area contributed by atoms with Crippen LogP contribution in [0.4, 0.5) is 13.2 Å². The van der Waals surface area contributed by atoms with Crippen molar-refractivity contribution in [1.29, 1.82) is 0 Å². The second-order valence-electron chi connectivity index (χ2n) is 4.91.